The molecule has 0 unspecified atom stereocenters. The van der Waals surface area contributed by atoms with E-state index in [-0.39, 0.29) is 0 Å². The maximum atomic E-state index is 5.34. The summed E-state index contributed by atoms with van der Waals surface area (Å²) in [5, 5.41) is 4.78. The molecule has 24 heavy (non-hydrogen) atoms. The minimum atomic E-state index is 0.787. The van der Waals surface area contributed by atoms with E-state index >= 15 is 0 Å². The lowest BCUT2D eigenvalue weighted by Crippen LogP contribution is -1.94. The highest BCUT2D eigenvalue weighted by Gasteiger charge is 2.16. The second-order valence-electron chi connectivity index (χ2n) is 5.34. The van der Waals surface area contributed by atoms with E-state index in [2.05, 4.69) is 9.97 Å². The third kappa shape index (κ3) is 2.56. The van der Waals surface area contributed by atoms with Crippen LogP contribution in [0.1, 0.15) is 0 Å². The Morgan fingerprint density at radius 2 is 1.92 bits per heavy atom. The van der Waals surface area contributed by atoms with Gasteiger partial charge in [-0.1, -0.05) is 30.3 Å². The van der Waals surface area contributed by atoms with Gasteiger partial charge in [-0.15, -0.1) is 0 Å². The van der Waals surface area contributed by atoms with E-state index < -0.39 is 0 Å². The van der Waals surface area contributed by atoms with Crippen LogP contribution in [0.4, 0.5) is 0 Å². The molecule has 1 N–H and O–H groups in total. The molecule has 5 heteroatoms. The molecule has 4 aromatic rings. The first-order chi connectivity index (χ1) is 11.8. The number of benzene rings is 2. The normalized spacial score (nSPS) is 10.7. The largest absolute Gasteiger partial charge is 0.497 e. The van der Waals surface area contributed by atoms with Crippen molar-refractivity contribution in [1.82, 2.24) is 19.7 Å². The summed E-state index contributed by atoms with van der Waals surface area (Å²) < 4.78 is 7.21. The first kappa shape index (κ1) is 14.3. The van der Waals surface area contributed by atoms with Gasteiger partial charge >= 0.3 is 0 Å². The maximum absolute atomic E-state index is 5.34. The topological polar surface area (TPSA) is 55.7 Å². The van der Waals surface area contributed by atoms with E-state index in [9.17, 15) is 0 Å². The minimum absolute atomic E-state index is 0.787. The smallest absolute Gasteiger partial charge is 0.141 e. The Morgan fingerprint density at radius 3 is 2.67 bits per heavy atom. The average Bonchev–Trinajstić information content (AvgIpc) is 3.32. The van der Waals surface area contributed by atoms with Crippen LogP contribution in [0.25, 0.3) is 28.3 Å². The molecule has 0 saturated carbocycles. The number of aromatic amines is 1. The second-order valence-corrected chi connectivity index (χ2v) is 5.34. The number of para-hydroxylation sites is 1. The molecule has 0 radical (unpaired) electrons. The fourth-order valence-corrected chi connectivity index (χ4v) is 2.66. The third-order valence-corrected chi connectivity index (χ3v) is 3.83. The zero-order valence-corrected chi connectivity index (χ0v) is 13.2. The molecule has 0 atom stereocenters. The Balaban J connectivity index is 1.90. The number of H-pyrrole nitrogens is 1. The molecule has 0 fully saturated rings. The zero-order chi connectivity index (χ0) is 16.4. The molecule has 0 saturated heterocycles. The van der Waals surface area contributed by atoms with Gasteiger partial charge in [0.25, 0.3) is 0 Å². The van der Waals surface area contributed by atoms with Gasteiger partial charge in [0.05, 0.1) is 18.4 Å². The molecule has 2 heterocycles. The molecule has 0 bridgehead atoms. The monoisotopic (exact) mass is 316 g/mol. The molecule has 4 rings (SSSR count). The van der Waals surface area contributed by atoms with Gasteiger partial charge in [-0.2, -0.15) is 5.10 Å². The summed E-state index contributed by atoms with van der Waals surface area (Å²) in [4.78, 5) is 7.54. The molecule has 0 aliphatic heterocycles. The summed E-state index contributed by atoms with van der Waals surface area (Å²) in [6.45, 7) is 0. The van der Waals surface area contributed by atoms with E-state index in [1.807, 2.05) is 71.7 Å². The standard InChI is InChI=1S/C19H16N4O/c1-24-16-9-5-6-14(12-16)18-17(19-20-10-11-21-19)13-23(22-18)15-7-3-2-4-8-15/h2-13H,1H3,(H,20,21). The number of ether oxygens (including phenoxy) is 1. The van der Waals surface area contributed by atoms with Gasteiger partial charge in [0, 0.05) is 24.2 Å². The van der Waals surface area contributed by atoms with Crippen LogP contribution in [0.3, 0.4) is 0 Å². The van der Waals surface area contributed by atoms with Crippen molar-refractivity contribution in [2.45, 2.75) is 0 Å². The molecular formula is C19H16N4O. The van der Waals surface area contributed by atoms with Crippen LogP contribution in [0.15, 0.2) is 73.2 Å². The SMILES string of the molecule is COc1cccc(-c2nn(-c3ccccc3)cc2-c2ncc[nH]2)c1. The van der Waals surface area contributed by atoms with Gasteiger partial charge in [-0.05, 0) is 24.3 Å². The fraction of sp³-hybridized carbons (Fsp3) is 0.0526. The third-order valence-electron chi connectivity index (χ3n) is 3.83. The highest BCUT2D eigenvalue weighted by Crippen LogP contribution is 2.31. The first-order valence-corrected chi connectivity index (χ1v) is 7.64. The predicted octanol–water partition coefficient (Wildman–Crippen LogP) is 3.94. The van der Waals surface area contributed by atoms with Crippen LogP contribution in [0.5, 0.6) is 5.75 Å². The van der Waals surface area contributed by atoms with Gasteiger partial charge in [0.2, 0.25) is 0 Å². The number of nitrogens with zero attached hydrogens (tertiary/aromatic N) is 3. The molecule has 5 nitrogen and oxygen atoms in total. The number of methoxy groups -OCH3 is 1. The van der Waals surface area contributed by atoms with Crippen LogP contribution in [-0.4, -0.2) is 26.9 Å². The summed E-state index contributed by atoms with van der Waals surface area (Å²) in [5.41, 5.74) is 3.78. The predicted molar refractivity (Wildman–Crippen MR) is 93.1 cm³/mol. The Morgan fingerprint density at radius 1 is 1.04 bits per heavy atom. The number of rotatable bonds is 4. The van der Waals surface area contributed by atoms with Gasteiger partial charge in [0.1, 0.15) is 17.3 Å². The molecule has 2 aromatic carbocycles. The van der Waals surface area contributed by atoms with Crippen molar-refractivity contribution >= 4 is 0 Å². The second kappa shape index (κ2) is 6.04. The van der Waals surface area contributed by atoms with Crippen molar-refractivity contribution in [3.05, 3.63) is 73.2 Å². The molecular weight excluding hydrogens is 300 g/mol. The molecule has 118 valence electrons. The van der Waals surface area contributed by atoms with E-state index in [1.54, 1.807) is 13.3 Å². The Kier molecular flexibility index (Phi) is 3.59. The number of nitrogens with one attached hydrogen (secondary N) is 1. The van der Waals surface area contributed by atoms with Crippen molar-refractivity contribution in [3.8, 4) is 34.1 Å². The van der Waals surface area contributed by atoms with Crippen molar-refractivity contribution < 1.29 is 4.74 Å². The summed E-state index contributed by atoms with van der Waals surface area (Å²) in [6.07, 6.45) is 5.54. The first-order valence-electron chi connectivity index (χ1n) is 7.64. The number of aromatic nitrogens is 4. The van der Waals surface area contributed by atoms with Crippen LogP contribution >= 0.6 is 0 Å². The van der Waals surface area contributed by atoms with Crippen LogP contribution < -0.4 is 4.74 Å². The van der Waals surface area contributed by atoms with Gasteiger partial charge in [-0.3, -0.25) is 0 Å². The lowest BCUT2D eigenvalue weighted by molar-refractivity contribution is 0.415. The lowest BCUT2D eigenvalue weighted by atomic mass is 10.1. The quantitative estimate of drug-likeness (QED) is 0.620. The van der Waals surface area contributed by atoms with Gasteiger partial charge in [-0.25, -0.2) is 9.67 Å². The van der Waals surface area contributed by atoms with Crippen molar-refractivity contribution in [3.63, 3.8) is 0 Å². The maximum Gasteiger partial charge on any atom is 0.141 e. The number of imidazole rings is 1. The highest BCUT2D eigenvalue weighted by molar-refractivity contribution is 5.78. The highest BCUT2D eigenvalue weighted by atomic mass is 16.5. The van der Waals surface area contributed by atoms with Gasteiger partial charge < -0.3 is 9.72 Å². The van der Waals surface area contributed by atoms with Crippen molar-refractivity contribution in [2.75, 3.05) is 7.11 Å². The van der Waals surface area contributed by atoms with Crippen LogP contribution in [0.2, 0.25) is 0 Å². The zero-order valence-electron chi connectivity index (χ0n) is 13.2. The van der Waals surface area contributed by atoms with Crippen LogP contribution in [-0.2, 0) is 0 Å². The summed E-state index contributed by atoms with van der Waals surface area (Å²) in [7, 11) is 1.66. The summed E-state index contributed by atoms with van der Waals surface area (Å²) >= 11 is 0. The average molecular weight is 316 g/mol. The lowest BCUT2D eigenvalue weighted by Gasteiger charge is -2.04. The van der Waals surface area contributed by atoms with E-state index in [0.717, 1.165) is 34.1 Å². The molecule has 0 spiro atoms. The Labute approximate surface area is 139 Å². The van der Waals surface area contributed by atoms with E-state index in [4.69, 9.17) is 9.84 Å². The summed E-state index contributed by atoms with van der Waals surface area (Å²) in [6, 6.07) is 17.9. The number of hydrogen-bond acceptors (Lipinski definition) is 3. The Hall–Kier alpha value is -3.34. The van der Waals surface area contributed by atoms with E-state index in [0.29, 0.717) is 0 Å². The molecule has 0 aliphatic rings. The minimum Gasteiger partial charge on any atom is -0.497 e. The molecule has 0 aliphatic carbocycles. The van der Waals surface area contributed by atoms with Crippen molar-refractivity contribution in [1.29, 1.82) is 0 Å². The molecule has 2 aromatic heterocycles. The number of hydrogen-bond donors (Lipinski definition) is 1. The van der Waals surface area contributed by atoms with Crippen molar-refractivity contribution in [2.24, 2.45) is 0 Å². The van der Waals surface area contributed by atoms with E-state index in [1.165, 1.54) is 0 Å². The van der Waals surface area contributed by atoms with Gasteiger partial charge in [0.15, 0.2) is 0 Å². The Bertz CT molecular complexity index is 943. The molecule has 0 amide bonds. The summed E-state index contributed by atoms with van der Waals surface area (Å²) in [5.74, 6) is 1.59. The van der Waals surface area contributed by atoms with Crippen LogP contribution in [0, 0.1) is 0 Å². The fourth-order valence-electron chi connectivity index (χ4n) is 2.66.